The molecule has 1 fully saturated rings. The largest absolute Gasteiger partial charge is 0.359 e. The van der Waals surface area contributed by atoms with Crippen LogP contribution in [0.2, 0.25) is 0 Å². The van der Waals surface area contributed by atoms with Gasteiger partial charge in [0.15, 0.2) is 11.7 Å². The molecule has 2 aromatic rings. The average Bonchev–Trinajstić information content (AvgIpc) is 3.17. The molecule has 0 amide bonds. The van der Waals surface area contributed by atoms with Gasteiger partial charge in [-0.2, -0.15) is 0 Å². The zero-order chi connectivity index (χ0) is 19.9. The Balaban J connectivity index is 1.43. The zero-order valence-electron chi connectivity index (χ0n) is 17.5. The van der Waals surface area contributed by atoms with E-state index in [9.17, 15) is 0 Å². The lowest BCUT2D eigenvalue weighted by atomic mass is 10.0. The summed E-state index contributed by atoms with van der Waals surface area (Å²) in [6.07, 6.45) is 2.23. The molecule has 152 valence electrons. The minimum atomic E-state index is 0.375. The van der Waals surface area contributed by atoms with Crippen molar-refractivity contribution < 1.29 is 4.52 Å². The van der Waals surface area contributed by atoms with E-state index in [-0.39, 0.29) is 0 Å². The lowest BCUT2D eigenvalue weighted by Gasteiger charge is -2.33. The lowest BCUT2D eigenvalue weighted by molar-refractivity contribution is 0.198. The summed E-state index contributed by atoms with van der Waals surface area (Å²) in [6.45, 7) is 10.2. The molecule has 6 nitrogen and oxygen atoms in total. The quantitative estimate of drug-likeness (QED) is 0.591. The van der Waals surface area contributed by atoms with Gasteiger partial charge in [-0.05, 0) is 36.8 Å². The van der Waals surface area contributed by atoms with E-state index in [1.54, 1.807) is 0 Å². The summed E-state index contributed by atoms with van der Waals surface area (Å²) in [5.41, 5.74) is 3.79. The van der Waals surface area contributed by atoms with Crippen molar-refractivity contribution in [3.63, 3.8) is 0 Å². The van der Waals surface area contributed by atoms with E-state index in [0.717, 1.165) is 49.9 Å². The first-order chi connectivity index (χ1) is 13.5. The first-order valence-corrected chi connectivity index (χ1v) is 10.2. The van der Waals surface area contributed by atoms with Gasteiger partial charge in [0, 0.05) is 38.8 Å². The van der Waals surface area contributed by atoms with Crippen LogP contribution in [0.3, 0.4) is 0 Å². The zero-order valence-corrected chi connectivity index (χ0v) is 17.5. The Bertz CT molecular complexity index is 775. The Kier molecular flexibility index (Phi) is 7.09. The highest BCUT2D eigenvalue weighted by Crippen LogP contribution is 2.16. The van der Waals surface area contributed by atoms with E-state index in [0.29, 0.717) is 18.5 Å². The number of nitrogens with one attached hydrogen (secondary N) is 2. The monoisotopic (exact) mass is 383 g/mol. The van der Waals surface area contributed by atoms with Crippen LogP contribution < -0.4 is 10.6 Å². The highest BCUT2D eigenvalue weighted by molar-refractivity contribution is 5.79. The SMILES string of the molecule is CN=C(NCc1cc(C(C)C)no1)NC1CCN(Cc2ccccc2C)CC1. The van der Waals surface area contributed by atoms with Gasteiger partial charge in [0.2, 0.25) is 0 Å². The third-order valence-corrected chi connectivity index (χ3v) is 5.41. The molecule has 28 heavy (non-hydrogen) atoms. The van der Waals surface area contributed by atoms with Crippen LogP contribution in [0.5, 0.6) is 0 Å². The summed E-state index contributed by atoms with van der Waals surface area (Å²) in [5, 5.41) is 11.0. The number of aryl methyl sites for hydroxylation is 1. The maximum Gasteiger partial charge on any atom is 0.191 e. The molecule has 1 saturated heterocycles. The van der Waals surface area contributed by atoms with Crippen LogP contribution in [0.1, 0.15) is 55.2 Å². The molecule has 3 rings (SSSR count). The second-order valence-electron chi connectivity index (χ2n) is 7.92. The van der Waals surface area contributed by atoms with Gasteiger partial charge in [-0.3, -0.25) is 9.89 Å². The predicted molar refractivity (Wildman–Crippen MR) is 113 cm³/mol. The fraction of sp³-hybridized carbons (Fsp3) is 0.545. The summed E-state index contributed by atoms with van der Waals surface area (Å²) >= 11 is 0. The molecule has 1 aromatic heterocycles. The van der Waals surface area contributed by atoms with E-state index in [4.69, 9.17) is 4.52 Å². The second-order valence-corrected chi connectivity index (χ2v) is 7.92. The standard InChI is InChI=1S/C22H33N5O/c1-16(2)21-13-20(28-26-21)14-24-22(23-4)25-19-9-11-27(12-10-19)15-18-8-6-5-7-17(18)3/h5-8,13,16,19H,9-12,14-15H2,1-4H3,(H2,23,24,25). The van der Waals surface area contributed by atoms with Gasteiger partial charge in [-0.25, -0.2) is 0 Å². The molecule has 1 aromatic carbocycles. The number of piperidine rings is 1. The molecule has 0 spiro atoms. The van der Waals surface area contributed by atoms with E-state index < -0.39 is 0 Å². The molecule has 2 heterocycles. The molecule has 0 atom stereocenters. The summed E-state index contributed by atoms with van der Waals surface area (Å²) < 4.78 is 5.39. The smallest absolute Gasteiger partial charge is 0.191 e. The Morgan fingerprint density at radius 3 is 2.68 bits per heavy atom. The third kappa shape index (κ3) is 5.58. The van der Waals surface area contributed by atoms with Crippen molar-refractivity contribution in [2.75, 3.05) is 20.1 Å². The van der Waals surface area contributed by atoms with Crippen LogP contribution in [0.4, 0.5) is 0 Å². The van der Waals surface area contributed by atoms with Crippen molar-refractivity contribution in [1.82, 2.24) is 20.7 Å². The number of rotatable bonds is 6. The fourth-order valence-electron chi connectivity index (χ4n) is 3.51. The van der Waals surface area contributed by atoms with Crippen LogP contribution >= 0.6 is 0 Å². The number of guanidine groups is 1. The Labute approximate surface area is 168 Å². The van der Waals surface area contributed by atoms with E-state index in [2.05, 4.69) is 70.7 Å². The van der Waals surface area contributed by atoms with Crippen LogP contribution in [0, 0.1) is 6.92 Å². The van der Waals surface area contributed by atoms with Crippen molar-refractivity contribution in [3.8, 4) is 0 Å². The predicted octanol–water partition coefficient (Wildman–Crippen LogP) is 3.44. The van der Waals surface area contributed by atoms with Gasteiger partial charge < -0.3 is 15.2 Å². The molecule has 0 bridgehead atoms. The molecule has 0 aliphatic carbocycles. The number of hydrogen-bond donors (Lipinski definition) is 2. The van der Waals surface area contributed by atoms with Crippen molar-refractivity contribution >= 4 is 5.96 Å². The highest BCUT2D eigenvalue weighted by atomic mass is 16.5. The van der Waals surface area contributed by atoms with Crippen molar-refractivity contribution in [3.05, 3.63) is 52.9 Å². The first kappa shape index (κ1) is 20.4. The van der Waals surface area contributed by atoms with Crippen LogP contribution in [0.15, 0.2) is 39.8 Å². The minimum absolute atomic E-state index is 0.375. The molecule has 0 saturated carbocycles. The number of aliphatic imine (C=N–C) groups is 1. The number of nitrogens with zero attached hydrogens (tertiary/aromatic N) is 3. The van der Waals surface area contributed by atoms with Crippen molar-refractivity contribution in [2.24, 2.45) is 4.99 Å². The van der Waals surface area contributed by atoms with Crippen LogP contribution in [-0.2, 0) is 13.1 Å². The second kappa shape index (κ2) is 9.73. The number of likely N-dealkylation sites (tertiary alicyclic amines) is 1. The normalized spacial score (nSPS) is 16.5. The Morgan fingerprint density at radius 2 is 2.04 bits per heavy atom. The Hall–Kier alpha value is -2.34. The molecule has 1 aliphatic heterocycles. The molecular formula is C22H33N5O. The molecular weight excluding hydrogens is 350 g/mol. The van der Waals surface area contributed by atoms with Gasteiger partial charge >= 0.3 is 0 Å². The maximum absolute atomic E-state index is 5.39. The van der Waals surface area contributed by atoms with Crippen molar-refractivity contribution in [2.45, 2.75) is 58.7 Å². The van der Waals surface area contributed by atoms with Gasteiger partial charge in [-0.1, -0.05) is 43.3 Å². The molecule has 0 radical (unpaired) electrons. The maximum atomic E-state index is 5.39. The topological polar surface area (TPSA) is 65.7 Å². The van der Waals surface area contributed by atoms with Crippen LogP contribution in [0.25, 0.3) is 0 Å². The van der Waals surface area contributed by atoms with Crippen molar-refractivity contribution in [1.29, 1.82) is 0 Å². The number of aromatic nitrogens is 1. The number of benzene rings is 1. The van der Waals surface area contributed by atoms with Gasteiger partial charge in [0.05, 0.1) is 12.2 Å². The van der Waals surface area contributed by atoms with Gasteiger partial charge in [0.25, 0.3) is 0 Å². The summed E-state index contributed by atoms with van der Waals surface area (Å²) in [7, 11) is 1.81. The average molecular weight is 384 g/mol. The van der Waals surface area contributed by atoms with E-state index in [1.807, 2.05) is 13.1 Å². The molecule has 0 unspecified atom stereocenters. The Morgan fingerprint density at radius 1 is 1.29 bits per heavy atom. The lowest BCUT2D eigenvalue weighted by Crippen LogP contribution is -2.48. The third-order valence-electron chi connectivity index (χ3n) is 5.41. The fourth-order valence-corrected chi connectivity index (χ4v) is 3.51. The summed E-state index contributed by atoms with van der Waals surface area (Å²) in [5.74, 6) is 2.03. The highest BCUT2D eigenvalue weighted by Gasteiger charge is 2.20. The van der Waals surface area contributed by atoms with Crippen LogP contribution in [-0.4, -0.2) is 42.2 Å². The summed E-state index contributed by atoms with van der Waals surface area (Å²) in [6, 6.07) is 11.1. The number of hydrogen-bond acceptors (Lipinski definition) is 4. The molecule has 6 heteroatoms. The van der Waals surface area contributed by atoms with E-state index in [1.165, 1.54) is 11.1 Å². The van der Waals surface area contributed by atoms with Gasteiger partial charge in [-0.15, -0.1) is 0 Å². The molecule has 2 N–H and O–H groups in total. The van der Waals surface area contributed by atoms with Gasteiger partial charge in [0.1, 0.15) is 0 Å². The minimum Gasteiger partial charge on any atom is -0.359 e. The molecule has 1 aliphatic rings. The summed E-state index contributed by atoms with van der Waals surface area (Å²) in [4.78, 5) is 6.90. The first-order valence-electron chi connectivity index (χ1n) is 10.2. The van der Waals surface area contributed by atoms with E-state index >= 15 is 0 Å².